The number of nitrogens with two attached hydrogens (primary N) is 1. The highest BCUT2D eigenvalue weighted by atomic mass is 32.1. The lowest BCUT2D eigenvalue weighted by atomic mass is 9.93. The number of hydrogen-bond acceptors (Lipinski definition) is 4. The Labute approximate surface area is 95.3 Å². The third-order valence-corrected chi connectivity index (χ3v) is 4.27. The maximum absolute atomic E-state index is 6.46. The van der Waals surface area contributed by atoms with Crippen molar-refractivity contribution < 1.29 is 0 Å². The molecule has 0 spiro atoms. The van der Waals surface area contributed by atoms with Gasteiger partial charge in [-0.15, -0.1) is 11.3 Å². The molecule has 1 aliphatic rings. The molecule has 0 radical (unpaired) electrons. The summed E-state index contributed by atoms with van der Waals surface area (Å²) >= 11 is 1.69. The van der Waals surface area contributed by atoms with Crippen molar-refractivity contribution in [1.82, 2.24) is 9.88 Å². The van der Waals surface area contributed by atoms with Crippen molar-refractivity contribution in [1.29, 1.82) is 0 Å². The lowest BCUT2D eigenvalue weighted by Gasteiger charge is -2.25. The summed E-state index contributed by atoms with van der Waals surface area (Å²) in [5, 5.41) is 3.13. The number of rotatable bonds is 2. The van der Waals surface area contributed by atoms with Gasteiger partial charge in [-0.25, -0.2) is 4.98 Å². The molecule has 15 heavy (non-hydrogen) atoms. The topological polar surface area (TPSA) is 42.1 Å². The Kier molecular flexibility index (Phi) is 3.38. The summed E-state index contributed by atoms with van der Waals surface area (Å²) in [5.74, 6) is 0. The van der Waals surface area contributed by atoms with Crippen LogP contribution < -0.4 is 5.73 Å². The highest BCUT2D eigenvalue weighted by Crippen LogP contribution is 2.31. The van der Waals surface area contributed by atoms with E-state index in [0.717, 1.165) is 30.9 Å². The first kappa shape index (κ1) is 11.0. The molecule has 0 bridgehead atoms. The van der Waals surface area contributed by atoms with Gasteiger partial charge in [-0.05, 0) is 32.4 Å². The highest BCUT2D eigenvalue weighted by Gasteiger charge is 2.32. The van der Waals surface area contributed by atoms with E-state index in [0.29, 0.717) is 0 Å². The van der Waals surface area contributed by atoms with Gasteiger partial charge in [-0.2, -0.15) is 0 Å². The Bertz CT molecular complexity index is 299. The molecule has 1 aromatic heterocycles. The van der Waals surface area contributed by atoms with Gasteiger partial charge in [0.05, 0.1) is 5.54 Å². The normalized spacial score (nSPS) is 28.9. The van der Waals surface area contributed by atoms with Gasteiger partial charge in [0.25, 0.3) is 0 Å². The first-order chi connectivity index (χ1) is 7.24. The van der Waals surface area contributed by atoms with Crippen LogP contribution in [0, 0.1) is 0 Å². The van der Waals surface area contributed by atoms with E-state index in [2.05, 4.69) is 16.8 Å². The van der Waals surface area contributed by atoms with Crippen LogP contribution in [0.25, 0.3) is 0 Å². The zero-order chi connectivity index (χ0) is 10.7. The second-order valence-electron chi connectivity index (χ2n) is 4.28. The summed E-state index contributed by atoms with van der Waals surface area (Å²) in [7, 11) is 0. The fourth-order valence-electron chi connectivity index (χ4n) is 2.21. The lowest BCUT2D eigenvalue weighted by molar-refractivity contribution is 0.289. The van der Waals surface area contributed by atoms with Crippen molar-refractivity contribution in [3.8, 4) is 0 Å². The zero-order valence-electron chi connectivity index (χ0n) is 9.28. The molecule has 0 saturated carbocycles. The van der Waals surface area contributed by atoms with Gasteiger partial charge in [0.15, 0.2) is 0 Å². The average Bonchev–Trinajstić information content (AvgIpc) is 2.71. The number of nitrogens with zero attached hydrogens (tertiary/aromatic N) is 2. The minimum absolute atomic E-state index is 0.169. The molecule has 2 rings (SSSR count). The summed E-state index contributed by atoms with van der Waals surface area (Å²) in [5.41, 5.74) is 6.29. The summed E-state index contributed by atoms with van der Waals surface area (Å²) in [6.07, 6.45) is 5.15. The third kappa shape index (κ3) is 2.38. The maximum atomic E-state index is 6.46. The van der Waals surface area contributed by atoms with Gasteiger partial charge in [0.1, 0.15) is 5.01 Å². The predicted molar refractivity (Wildman–Crippen MR) is 63.9 cm³/mol. The van der Waals surface area contributed by atoms with Crippen LogP contribution >= 0.6 is 11.3 Å². The van der Waals surface area contributed by atoms with Crippen molar-refractivity contribution in [3.05, 3.63) is 16.6 Å². The first-order valence-electron chi connectivity index (χ1n) is 5.66. The van der Waals surface area contributed by atoms with Gasteiger partial charge in [-0.3, -0.25) is 0 Å². The zero-order valence-corrected chi connectivity index (χ0v) is 10.1. The van der Waals surface area contributed by atoms with E-state index in [1.807, 2.05) is 11.6 Å². The Balaban J connectivity index is 2.09. The van der Waals surface area contributed by atoms with Gasteiger partial charge in [-0.1, -0.05) is 6.92 Å². The van der Waals surface area contributed by atoms with Crippen LogP contribution in [0.4, 0.5) is 0 Å². The highest BCUT2D eigenvalue weighted by molar-refractivity contribution is 7.09. The minimum Gasteiger partial charge on any atom is -0.319 e. The number of thiazole rings is 1. The Morgan fingerprint density at radius 3 is 3.07 bits per heavy atom. The molecule has 84 valence electrons. The van der Waals surface area contributed by atoms with Crippen LogP contribution in [-0.2, 0) is 5.54 Å². The smallest absolute Gasteiger partial charge is 0.112 e. The summed E-state index contributed by atoms with van der Waals surface area (Å²) in [6, 6.07) is 0. The Hall–Kier alpha value is -0.450. The van der Waals surface area contributed by atoms with E-state index in [9.17, 15) is 0 Å². The molecule has 1 aliphatic heterocycles. The molecule has 4 heteroatoms. The molecule has 0 amide bonds. The number of aromatic nitrogens is 1. The molecule has 3 nitrogen and oxygen atoms in total. The molecule has 0 aromatic carbocycles. The molecule has 1 atom stereocenters. The molecule has 1 fully saturated rings. The van der Waals surface area contributed by atoms with Gasteiger partial charge < -0.3 is 10.6 Å². The predicted octanol–water partition coefficient (Wildman–Crippen LogP) is 1.80. The standard InChI is InChI=1S/C11H19N3S/c1-2-14-7-3-4-11(12,5-8-14)10-13-6-9-15-10/h6,9H,2-5,7-8,12H2,1H3. The van der Waals surface area contributed by atoms with Crippen LogP contribution in [0.3, 0.4) is 0 Å². The average molecular weight is 225 g/mol. The fraction of sp³-hybridized carbons (Fsp3) is 0.727. The van der Waals surface area contributed by atoms with Gasteiger partial charge >= 0.3 is 0 Å². The molecule has 1 aromatic rings. The van der Waals surface area contributed by atoms with Crippen molar-refractivity contribution in [2.24, 2.45) is 5.73 Å². The molecule has 1 unspecified atom stereocenters. The molecular formula is C11H19N3S. The monoisotopic (exact) mass is 225 g/mol. The quantitative estimate of drug-likeness (QED) is 0.834. The SMILES string of the molecule is CCN1CCCC(N)(c2nccs2)CC1. The van der Waals surface area contributed by atoms with Gasteiger partial charge in [0.2, 0.25) is 0 Å². The second-order valence-corrected chi connectivity index (χ2v) is 5.18. The van der Waals surface area contributed by atoms with E-state index in [-0.39, 0.29) is 5.54 Å². The van der Waals surface area contributed by atoms with Crippen molar-refractivity contribution in [2.45, 2.75) is 31.7 Å². The van der Waals surface area contributed by atoms with E-state index < -0.39 is 0 Å². The van der Waals surface area contributed by atoms with Crippen LogP contribution in [0.15, 0.2) is 11.6 Å². The lowest BCUT2D eigenvalue weighted by Crippen LogP contribution is -2.37. The molecule has 1 saturated heterocycles. The van der Waals surface area contributed by atoms with E-state index >= 15 is 0 Å². The Morgan fingerprint density at radius 1 is 1.53 bits per heavy atom. The van der Waals surface area contributed by atoms with E-state index in [1.54, 1.807) is 11.3 Å². The summed E-state index contributed by atoms with van der Waals surface area (Å²) in [6.45, 7) is 5.63. The maximum Gasteiger partial charge on any atom is 0.112 e. The van der Waals surface area contributed by atoms with Crippen LogP contribution in [-0.4, -0.2) is 29.5 Å². The van der Waals surface area contributed by atoms with Crippen molar-refractivity contribution in [2.75, 3.05) is 19.6 Å². The molecular weight excluding hydrogens is 206 g/mol. The number of hydrogen-bond donors (Lipinski definition) is 1. The largest absolute Gasteiger partial charge is 0.319 e. The van der Waals surface area contributed by atoms with Crippen molar-refractivity contribution in [3.63, 3.8) is 0 Å². The first-order valence-corrected chi connectivity index (χ1v) is 6.54. The minimum atomic E-state index is -0.169. The molecule has 2 N–H and O–H groups in total. The van der Waals surface area contributed by atoms with E-state index in [4.69, 9.17) is 5.73 Å². The Morgan fingerprint density at radius 2 is 2.40 bits per heavy atom. The van der Waals surface area contributed by atoms with Crippen molar-refractivity contribution >= 4 is 11.3 Å². The van der Waals surface area contributed by atoms with Crippen LogP contribution in [0.1, 0.15) is 31.2 Å². The molecule has 2 heterocycles. The number of likely N-dealkylation sites (tertiary alicyclic amines) is 1. The molecule has 0 aliphatic carbocycles. The fourth-order valence-corrected chi connectivity index (χ4v) is 3.02. The van der Waals surface area contributed by atoms with Crippen LogP contribution in [0.2, 0.25) is 0 Å². The summed E-state index contributed by atoms with van der Waals surface area (Å²) < 4.78 is 0. The second kappa shape index (κ2) is 4.60. The van der Waals surface area contributed by atoms with E-state index in [1.165, 1.54) is 13.0 Å². The summed E-state index contributed by atoms with van der Waals surface area (Å²) in [4.78, 5) is 6.85. The third-order valence-electron chi connectivity index (χ3n) is 3.28. The van der Waals surface area contributed by atoms with Gasteiger partial charge in [0, 0.05) is 18.1 Å². The van der Waals surface area contributed by atoms with Crippen LogP contribution in [0.5, 0.6) is 0 Å².